The highest BCUT2D eigenvalue weighted by Crippen LogP contribution is 2.66. The van der Waals surface area contributed by atoms with Crippen LogP contribution in [0.3, 0.4) is 0 Å². The van der Waals surface area contributed by atoms with Gasteiger partial charge in [0.05, 0.1) is 7.11 Å². The molecule has 3 saturated carbocycles. The van der Waals surface area contributed by atoms with E-state index in [9.17, 15) is 9.59 Å². The molecule has 8 atom stereocenters. The van der Waals surface area contributed by atoms with Crippen molar-refractivity contribution in [2.24, 2.45) is 40.4 Å². The van der Waals surface area contributed by atoms with E-state index < -0.39 is 0 Å². The Balaban J connectivity index is 1.50. The summed E-state index contributed by atoms with van der Waals surface area (Å²) in [5.41, 5.74) is 2.40. The molecule has 0 aromatic carbocycles. The van der Waals surface area contributed by atoms with Gasteiger partial charge in [0.1, 0.15) is 6.10 Å². The summed E-state index contributed by atoms with van der Waals surface area (Å²) in [5.74, 6) is 3.21. The molecule has 0 radical (unpaired) electrons. The number of ether oxygens (including phenoxy) is 2. The number of carbonyl (C=O) groups excluding carboxylic acids is 2. The lowest BCUT2D eigenvalue weighted by atomic mass is 9.48. The van der Waals surface area contributed by atoms with Crippen LogP contribution < -0.4 is 0 Å². The smallest absolute Gasteiger partial charge is 0.305 e. The van der Waals surface area contributed by atoms with E-state index >= 15 is 0 Å². The number of fused-ring (bicyclic) bond motifs is 5. The first-order valence-corrected chi connectivity index (χ1v) is 12.6. The molecule has 0 spiro atoms. The van der Waals surface area contributed by atoms with Crippen molar-refractivity contribution in [2.75, 3.05) is 7.11 Å². The van der Waals surface area contributed by atoms with Crippen LogP contribution in [0.15, 0.2) is 11.6 Å². The van der Waals surface area contributed by atoms with Crippen molar-refractivity contribution in [1.29, 1.82) is 0 Å². The molecule has 4 heteroatoms. The molecule has 0 aromatic rings. The predicted octanol–water partition coefficient (Wildman–Crippen LogP) is 6.09. The van der Waals surface area contributed by atoms with Gasteiger partial charge in [-0.1, -0.05) is 32.4 Å². The fourth-order valence-electron chi connectivity index (χ4n) is 8.45. The summed E-state index contributed by atoms with van der Waals surface area (Å²) in [7, 11) is 1.49. The zero-order valence-electron chi connectivity index (χ0n) is 20.2. The summed E-state index contributed by atoms with van der Waals surface area (Å²) in [5, 5.41) is 0. The van der Waals surface area contributed by atoms with E-state index in [2.05, 4.69) is 26.8 Å². The van der Waals surface area contributed by atoms with Gasteiger partial charge in [-0.3, -0.25) is 9.59 Å². The molecule has 0 aliphatic heterocycles. The van der Waals surface area contributed by atoms with Crippen molar-refractivity contribution in [3.05, 3.63) is 11.6 Å². The second-order valence-electron chi connectivity index (χ2n) is 11.6. The van der Waals surface area contributed by atoms with E-state index in [1.54, 1.807) is 5.57 Å². The predicted molar refractivity (Wildman–Crippen MR) is 121 cm³/mol. The Morgan fingerprint density at radius 2 is 1.94 bits per heavy atom. The van der Waals surface area contributed by atoms with E-state index in [0.29, 0.717) is 29.6 Å². The van der Waals surface area contributed by atoms with Crippen LogP contribution >= 0.6 is 0 Å². The molecule has 3 fully saturated rings. The minimum absolute atomic E-state index is 0.0759. The average molecular weight is 431 g/mol. The number of rotatable bonds is 5. The molecule has 3 unspecified atom stereocenters. The van der Waals surface area contributed by atoms with Gasteiger partial charge >= 0.3 is 11.9 Å². The lowest BCUT2D eigenvalue weighted by Gasteiger charge is -2.57. The Labute approximate surface area is 188 Å². The van der Waals surface area contributed by atoms with Gasteiger partial charge in [0.2, 0.25) is 0 Å². The van der Waals surface area contributed by atoms with Gasteiger partial charge in [-0.25, -0.2) is 0 Å². The Morgan fingerprint density at radius 3 is 2.65 bits per heavy atom. The van der Waals surface area contributed by atoms with Crippen molar-refractivity contribution in [2.45, 2.75) is 98.0 Å². The van der Waals surface area contributed by atoms with Crippen LogP contribution in [-0.2, 0) is 19.1 Å². The van der Waals surface area contributed by atoms with Crippen LogP contribution in [0.2, 0.25) is 0 Å². The van der Waals surface area contributed by atoms with Gasteiger partial charge in [0.15, 0.2) is 0 Å². The SMILES string of the molecule is COC(=O)CC[C@@H](C)C1CCC2C3CC[C@H]4C[C@@H](OC(C)=O)CC[C@]4(C)C3=CC[C@@]21C. The summed E-state index contributed by atoms with van der Waals surface area (Å²) < 4.78 is 10.5. The van der Waals surface area contributed by atoms with Crippen molar-refractivity contribution < 1.29 is 19.1 Å². The van der Waals surface area contributed by atoms with Gasteiger partial charge in [-0.05, 0) is 98.2 Å². The van der Waals surface area contributed by atoms with Crippen LogP contribution in [0.4, 0.5) is 0 Å². The lowest BCUT2D eigenvalue weighted by molar-refractivity contribution is -0.151. The molecule has 174 valence electrons. The summed E-state index contributed by atoms with van der Waals surface area (Å²) >= 11 is 0. The number of hydrogen-bond donors (Lipinski definition) is 0. The van der Waals surface area contributed by atoms with Gasteiger partial charge in [-0.15, -0.1) is 0 Å². The third kappa shape index (κ3) is 3.97. The summed E-state index contributed by atoms with van der Waals surface area (Å²) in [6.45, 7) is 8.95. The maximum absolute atomic E-state index is 11.7. The first kappa shape index (κ1) is 22.9. The molecule has 0 bridgehead atoms. The molecule has 0 amide bonds. The van der Waals surface area contributed by atoms with Crippen LogP contribution in [0.1, 0.15) is 91.9 Å². The minimum Gasteiger partial charge on any atom is -0.469 e. The quantitative estimate of drug-likeness (QED) is 0.391. The molecule has 4 aliphatic rings. The van der Waals surface area contributed by atoms with Gasteiger partial charge in [0, 0.05) is 13.3 Å². The van der Waals surface area contributed by atoms with Crippen molar-refractivity contribution in [3.63, 3.8) is 0 Å². The molecule has 0 N–H and O–H groups in total. The molecule has 4 rings (SSSR count). The zero-order chi connectivity index (χ0) is 22.4. The average Bonchev–Trinajstić information content (AvgIpc) is 3.09. The van der Waals surface area contributed by atoms with Gasteiger partial charge in [-0.2, -0.15) is 0 Å². The van der Waals surface area contributed by atoms with Crippen molar-refractivity contribution in [3.8, 4) is 0 Å². The Hall–Kier alpha value is -1.32. The number of methoxy groups -OCH3 is 1. The zero-order valence-corrected chi connectivity index (χ0v) is 20.2. The molecular formula is C27H42O4. The minimum atomic E-state index is -0.131. The summed E-state index contributed by atoms with van der Waals surface area (Å²) in [6.07, 6.45) is 13.8. The molecule has 0 saturated heterocycles. The lowest BCUT2D eigenvalue weighted by Crippen LogP contribution is -2.49. The normalized spacial score (nSPS) is 42.5. The maximum atomic E-state index is 11.7. The third-order valence-corrected chi connectivity index (χ3v) is 10.1. The highest BCUT2D eigenvalue weighted by molar-refractivity contribution is 5.69. The van der Waals surface area contributed by atoms with E-state index in [4.69, 9.17) is 9.47 Å². The van der Waals surface area contributed by atoms with Crippen LogP contribution in [0.25, 0.3) is 0 Å². The molecule has 0 aromatic heterocycles. The van der Waals surface area contributed by atoms with Crippen molar-refractivity contribution in [1.82, 2.24) is 0 Å². The van der Waals surface area contributed by atoms with Crippen LogP contribution in [-0.4, -0.2) is 25.2 Å². The number of esters is 2. The summed E-state index contributed by atoms with van der Waals surface area (Å²) in [4.78, 5) is 23.1. The topological polar surface area (TPSA) is 52.6 Å². The second kappa shape index (κ2) is 8.56. The Bertz CT molecular complexity index is 742. The highest BCUT2D eigenvalue weighted by Gasteiger charge is 2.57. The molecule has 4 nitrogen and oxygen atoms in total. The molecule has 0 heterocycles. The Morgan fingerprint density at radius 1 is 1.16 bits per heavy atom. The van der Waals surface area contributed by atoms with E-state index in [1.165, 1.54) is 46.1 Å². The monoisotopic (exact) mass is 430 g/mol. The Kier molecular flexibility index (Phi) is 6.31. The molecule has 31 heavy (non-hydrogen) atoms. The van der Waals surface area contributed by atoms with Gasteiger partial charge in [0.25, 0.3) is 0 Å². The highest BCUT2D eigenvalue weighted by atomic mass is 16.5. The standard InChI is InChI=1S/C27H42O4/c1-17(6-11-25(29)30-5)22-9-10-23-21-8-7-19-16-20(31-18(2)28)12-14-26(19,3)24(21)13-15-27(22,23)4/h13,17,19-23H,6-12,14-16H2,1-5H3/t17-,19+,20+,21?,22?,23?,26+,27-/m1/s1. The molecular weight excluding hydrogens is 388 g/mol. The van der Waals surface area contributed by atoms with E-state index in [-0.39, 0.29) is 23.5 Å². The fourth-order valence-corrected chi connectivity index (χ4v) is 8.45. The largest absolute Gasteiger partial charge is 0.469 e. The maximum Gasteiger partial charge on any atom is 0.305 e. The number of carbonyl (C=O) groups is 2. The molecule has 4 aliphatic carbocycles. The number of hydrogen-bond acceptors (Lipinski definition) is 4. The van der Waals surface area contributed by atoms with Crippen molar-refractivity contribution >= 4 is 11.9 Å². The van der Waals surface area contributed by atoms with Crippen LogP contribution in [0.5, 0.6) is 0 Å². The van der Waals surface area contributed by atoms with Gasteiger partial charge < -0.3 is 9.47 Å². The first-order chi connectivity index (χ1) is 14.7. The summed E-state index contributed by atoms with van der Waals surface area (Å²) in [6, 6.07) is 0. The second-order valence-corrected chi connectivity index (χ2v) is 11.6. The van der Waals surface area contributed by atoms with E-state index in [1.807, 2.05) is 0 Å². The first-order valence-electron chi connectivity index (χ1n) is 12.6. The fraction of sp³-hybridized carbons (Fsp3) is 0.852. The number of allylic oxidation sites excluding steroid dienone is 2. The third-order valence-electron chi connectivity index (χ3n) is 10.1. The van der Waals surface area contributed by atoms with E-state index in [0.717, 1.165) is 37.5 Å². The van der Waals surface area contributed by atoms with Crippen LogP contribution in [0, 0.1) is 40.4 Å².